The molecule has 2 aromatic rings. The van der Waals surface area contributed by atoms with Gasteiger partial charge in [0.2, 0.25) is 0 Å². The molecule has 0 radical (unpaired) electrons. The summed E-state index contributed by atoms with van der Waals surface area (Å²) in [6.07, 6.45) is 12.4. The van der Waals surface area contributed by atoms with E-state index in [9.17, 15) is 0 Å². The van der Waals surface area contributed by atoms with Crippen molar-refractivity contribution in [1.29, 1.82) is 0 Å². The summed E-state index contributed by atoms with van der Waals surface area (Å²) in [7, 11) is 0. The number of hydrogen-bond donors (Lipinski definition) is 0. The van der Waals surface area contributed by atoms with E-state index in [1.165, 1.54) is 0 Å². The maximum absolute atomic E-state index is 5.99. The maximum Gasteiger partial charge on any atom is 0.142 e. The van der Waals surface area contributed by atoms with Gasteiger partial charge in [-0.15, -0.1) is 0 Å². The molecule has 0 unspecified atom stereocenters. The second kappa shape index (κ2) is 5.45. The highest BCUT2D eigenvalue weighted by Crippen LogP contribution is 2.32. The largest absolute Gasteiger partial charge is 0.455 e. The molecule has 3 rings (SSSR count). The van der Waals surface area contributed by atoms with Gasteiger partial charge in [0.25, 0.3) is 0 Å². The zero-order valence-corrected chi connectivity index (χ0v) is 12.2. The van der Waals surface area contributed by atoms with Gasteiger partial charge in [-0.1, -0.05) is 68.7 Å². The first-order valence-corrected chi connectivity index (χ1v) is 7.09. The molecule has 21 heavy (non-hydrogen) atoms. The van der Waals surface area contributed by atoms with Gasteiger partial charge in [0.15, 0.2) is 0 Å². The van der Waals surface area contributed by atoms with Crippen LogP contribution >= 0.6 is 0 Å². The standard InChI is InChI=1S/C20H18O/c1-14-8-9-15(2)11-13-18-17-6-4-5-7-19(17)21-20(18)16(3)12-10-14/h4-14H,2-3H2,1H3/b9-8?,12-10-,13-11-/t14-/m1/s1. The Morgan fingerprint density at radius 2 is 1.71 bits per heavy atom. The SMILES string of the molecule is C=C1C=C[C@@H](C)/C=C\C(=C)c2oc3ccccc3c2/C=C\1. The van der Waals surface area contributed by atoms with Crippen LogP contribution in [0.4, 0.5) is 0 Å². The Balaban J connectivity index is 2.23. The van der Waals surface area contributed by atoms with Gasteiger partial charge in [0.1, 0.15) is 11.3 Å². The van der Waals surface area contributed by atoms with Crippen LogP contribution in [0, 0.1) is 5.92 Å². The zero-order chi connectivity index (χ0) is 14.8. The van der Waals surface area contributed by atoms with E-state index in [1.54, 1.807) is 0 Å². The van der Waals surface area contributed by atoms with Crippen molar-refractivity contribution in [3.63, 3.8) is 0 Å². The summed E-state index contributed by atoms with van der Waals surface area (Å²) in [5.41, 5.74) is 3.80. The fourth-order valence-corrected chi connectivity index (χ4v) is 2.40. The Morgan fingerprint density at radius 3 is 2.57 bits per heavy atom. The molecule has 0 N–H and O–H groups in total. The predicted octanol–water partition coefficient (Wildman–Crippen LogP) is 5.78. The van der Waals surface area contributed by atoms with Crippen LogP contribution < -0.4 is 0 Å². The van der Waals surface area contributed by atoms with Crippen molar-refractivity contribution in [2.24, 2.45) is 5.92 Å². The van der Waals surface area contributed by atoms with Crippen LogP contribution in [0.3, 0.4) is 0 Å². The number of fused-ring (bicyclic) bond motifs is 3. The fraction of sp³-hybridized carbons (Fsp3) is 0.100. The normalized spacial score (nSPS) is 21.9. The van der Waals surface area contributed by atoms with E-state index in [1.807, 2.05) is 36.4 Å². The van der Waals surface area contributed by atoms with E-state index in [-0.39, 0.29) is 0 Å². The molecule has 0 saturated carbocycles. The van der Waals surface area contributed by atoms with Gasteiger partial charge in [0, 0.05) is 16.5 Å². The van der Waals surface area contributed by atoms with E-state index >= 15 is 0 Å². The molecule has 1 heterocycles. The number of furan rings is 1. The van der Waals surface area contributed by atoms with Crippen LogP contribution in [0.1, 0.15) is 18.2 Å². The van der Waals surface area contributed by atoms with Crippen molar-refractivity contribution < 1.29 is 4.42 Å². The Labute approximate surface area is 125 Å². The van der Waals surface area contributed by atoms with Crippen molar-refractivity contribution in [1.82, 2.24) is 0 Å². The molecule has 1 heteroatoms. The van der Waals surface area contributed by atoms with Crippen LogP contribution in [0.25, 0.3) is 22.6 Å². The summed E-state index contributed by atoms with van der Waals surface area (Å²) < 4.78 is 5.99. The lowest BCUT2D eigenvalue weighted by molar-refractivity contribution is 0.600. The van der Waals surface area contributed by atoms with E-state index < -0.39 is 0 Å². The van der Waals surface area contributed by atoms with Crippen LogP contribution in [0.2, 0.25) is 0 Å². The zero-order valence-electron chi connectivity index (χ0n) is 12.2. The Kier molecular flexibility index (Phi) is 3.49. The average Bonchev–Trinajstić information content (AvgIpc) is 2.86. The molecule has 1 aromatic carbocycles. The first-order valence-electron chi connectivity index (χ1n) is 7.09. The third-order valence-corrected chi connectivity index (χ3v) is 3.60. The molecule has 0 saturated heterocycles. The quantitative estimate of drug-likeness (QED) is 0.593. The lowest BCUT2D eigenvalue weighted by atomic mass is 10.0. The average molecular weight is 274 g/mol. The fourth-order valence-electron chi connectivity index (χ4n) is 2.40. The van der Waals surface area contributed by atoms with Crippen molar-refractivity contribution >= 4 is 22.6 Å². The summed E-state index contributed by atoms with van der Waals surface area (Å²) in [5.74, 6) is 1.16. The molecule has 1 aliphatic rings. The second-order valence-corrected chi connectivity index (χ2v) is 5.35. The van der Waals surface area contributed by atoms with Gasteiger partial charge in [-0.2, -0.15) is 0 Å². The minimum atomic E-state index is 0.331. The van der Waals surface area contributed by atoms with Crippen molar-refractivity contribution in [2.75, 3.05) is 0 Å². The van der Waals surface area contributed by atoms with Crippen LogP contribution in [-0.4, -0.2) is 0 Å². The summed E-state index contributed by atoms with van der Waals surface area (Å²) in [5, 5.41) is 1.10. The molecule has 0 spiro atoms. The van der Waals surface area contributed by atoms with Crippen molar-refractivity contribution in [3.05, 3.63) is 84.7 Å². The smallest absolute Gasteiger partial charge is 0.142 e. The number of para-hydroxylation sites is 1. The van der Waals surface area contributed by atoms with Gasteiger partial charge in [-0.05, 0) is 23.6 Å². The van der Waals surface area contributed by atoms with E-state index in [0.29, 0.717) is 5.92 Å². The first-order chi connectivity index (χ1) is 10.1. The Morgan fingerprint density at radius 1 is 0.952 bits per heavy atom. The van der Waals surface area contributed by atoms with E-state index in [4.69, 9.17) is 4.42 Å². The van der Waals surface area contributed by atoms with Crippen molar-refractivity contribution in [2.45, 2.75) is 6.92 Å². The van der Waals surface area contributed by atoms with Gasteiger partial charge < -0.3 is 4.42 Å². The summed E-state index contributed by atoms with van der Waals surface area (Å²) >= 11 is 0. The number of rotatable bonds is 0. The van der Waals surface area contributed by atoms with Crippen LogP contribution in [0.5, 0.6) is 0 Å². The second-order valence-electron chi connectivity index (χ2n) is 5.35. The molecule has 1 atom stereocenters. The number of hydrogen-bond acceptors (Lipinski definition) is 1. The van der Waals surface area contributed by atoms with Gasteiger partial charge in [-0.25, -0.2) is 0 Å². The molecule has 1 aliphatic carbocycles. The lowest BCUT2D eigenvalue weighted by Crippen LogP contribution is -1.83. The highest BCUT2D eigenvalue weighted by Gasteiger charge is 2.13. The summed E-state index contributed by atoms with van der Waals surface area (Å²) in [6, 6.07) is 8.05. The van der Waals surface area contributed by atoms with Gasteiger partial charge in [0.05, 0.1) is 0 Å². The molecular weight excluding hydrogens is 256 g/mol. The third-order valence-electron chi connectivity index (χ3n) is 3.60. The summed E-state index contributed by atoms with van der Waals surface area (Å²) in [6.45, 7) is 10.3. The highest BCUT2D eigenvalue weighted by atomic mass is 16.3. The molecular formula is C20H18O. The maximum atomic E-state index is 5.99. The lowest BCUT2D eigenvalue weighted by Gasteiger charge is -1.99. The molecule has 0 fully saturated rings. The highest BCUT2D eigenvalue weighted by molar-refractivity contribution is 5.94. The molecule has 104 valence electrons. The molecule has 0 bridgehead atoms. The van der Waals surface area contributed by atoms with E-state index in [2.05, 4.69) is 44.4 Å². The summed E-state index contributed by atoms with van der Waals surface area (Å²) in [4.78, 5) is 0. The Bertz CT molecular complexity index is 796. The number of benzene rings is 1. The molecule has 0 aliphatic heterocycles. The minimum absolute atomic E-state index is 0.331. The topological polar surface area (TPSA) is 13.1 Å². The predicted molar refractivity (Wildman–Crippen MR) is 90.9 cm³/mol. The monoisotopic (exact) mass is 274 g/mol. The van der Waals surface area contributed by atoms with Crippen LogP contribution in [-0.2, 0) is 0 Å². The Hall–Kier alpha value is -2.54. The first kappa shape index (κ1) is 13.4. The number of allylic oxidation sites excluding steroid dienone is 7. The van der Waals surface area contributed by atoms with Gasteiger partial charge in [-0.3, -0.25) is 0 Å². The molecule has 1 nitrogen and oxygen atoms in total. The molecule has 0 amide bonds. The van der Waals surface area contributed by atoms with Gasteiger partial charge >= 0.3 is 0 Å². The molecule has 1 aromatic heterocycles. The third kappa shape index (κ3) is 2.68. The van der Waals surface area contributed by atoms with Crippen LogP contribution in [0.15, 0.2) is 77.8 Å². The van der Waals surface area contributed by atoms with E-state index in [0.717, 1.165) is 33.4 Å². The minimum Gasteiger partial charge on any atom is -0.455 e. The van der Waals surface area contributed by atoms with Crippen molar-refractivity contribution in [3.8, 4) is 0 Å².